The van der Waals surface area contributed by atoms with Gasteiger partial charge in [-0.05, 0) is 12.1 Å². The molecule has 0 saturated carbocycles. The van der Waals surface area contributed by atoms with Crippen LogP contribution >= 0.6 is 0 Å². The van der Waals surface area contributed by atoms with Crippen LogP contribution in [-0.2, 0) is 6.18 Å². The first-order valence-electron chi connectivity index (χ1n) is 5.23. The van der Waals surface area contributed by atoms with E-state index >= 15 is 0 Å². The van der Waals surface area contributed by atoms with Crippen molar-refractivity contribution in [1.29, 1.82) is 0 Å². The number of benzene rings is 1. The van der Waals surface area contributed by atoms with Gasteiger partial charge in [0, 0.05) is 5.56 Å². The van der Waals surface area contributed by atoms with Crippen LogP contribution in [-0.4, -0.2) is 17.1 Å². The molecule has 1 heterocycles. The van der Waals surface area contributed by atoms with Crippen molar-refractivity contribution in [3.05, 3.63) is 46.5 Å². The lowest BCUT2D eigenvalue weighted by Gasteiger charge is -2.09. The molecule has 0 radical (unpaired) electrons. The third-order valence-electron chi connectivity index (χ3n) is 2.50. The van der Waals surface area contributed by atoms with Crippen molar-refractivity contribution in [3.63, 3.8) is 0 Å². The van der Waals surface area contributed by atoms with Crippen LogP contribution in [0.1, 0.15) is 5.56 Å². The molecular weight excluding hydrogens is 261 g/mol. The van der Waals surface area contributed by atoms with E-state index in [-0.39, 0.29) is 11.4 Å². The van der Waals surface area contributed by atoms with Crippen molar-refractivity contribution in [3.8, 4) is 17.0 Å². The Balaban J connectivity index is 2.49. The van der Waals surface area contributed by atoms with Crippen molar-refractivity contribution in [2.45, 2.75) is 6.18 Å². The van der Waals surface area contributed by atoms with E-state index in [1.165, 1.54) is 19.2 Å². The zero-order chi connectivity index (χ0) is 14.0. The predicted octanol–water partition coefficient (Wildman–Crippen LogP) is 2.46. The van der Waals surface area contributed by atoms with Gasteiger partial charge in [0.05, 0.1) is 19.0 Å². The summed E-state index contributed by atoms with van der Waals surface area (Å²) in [6.07, 6.45) is -3.23. The van der Waals surface area contributed by atoms with Crippen molar-refractivity contribution in [2.75, 3.05) is 7.11 Å². The van der Waals surface area contributed by atoms with E-state index in [4.69, 9.17) is 4.74 Å². The van der Waals surface area contributed by atoms with Gasteiger partial charge >= 0.3 is 6.18 Å². The molecule has 0 unspecified atom stereocenters. The summed E-state index contributed by atoms with van der Waals surface area (Å²) in [6, 6.07) is 4.34. The van der Waals surface area contributed by atoms with Gasteiger partial charge in [-0.1, -0.05) is 12.1 Å². The lowest BCUT2D eigenvalue weighted by molar-refractivity contribution is -0.137. The van der Waals surface area contributed by atoms with E-state index < -0.39 is 17.3 Å². The maximum Gasteiger partial charge on any atom is 0.416 e. The average Bonchev–Trinajstić information content (AvgIpc) is 2.37. The highest BCUT2D eigenvalue weighted by Gasteiger charge is 2.30. The Hall–Kier alpha value is -2.31. The summed E-state index contributed by atoms with van der Waals surface area (Å²) in [7, 11) is 1.29. The molecule has 0 spiro atoms. The number of rotatable bonds is 2. The zero-order valence-electron chi connectivity index (χ0n) is 9.78. The minimum Gasteiger partial charge on any atom is -0.490 e. The largest absolute Gasteiger partial charge is 0.490 e. The van der Waals surface area contributed by atoms with E-state index in [1.54, 1.807) is 0 Å². The van der Waals surface area contributed by atoms with E-state index in [2.05, 4.69) is 9.97 Å². The molecule has 0 aliphatic carbocycles. The normalized spacial score (nSPS) is 11.4. The molecule has 1 aromatic carbocycles. The number of H-pyrrole nitrogens is 1. The quantitative estimate of drug-likeness (QED) is 0.912. The van der Waals surface area contributed by atoms with Gasteiger partial charge in [-0.15, -0.1) is 0 Å². The predicted molar refractivity (Wildman–Crippen MR) is 61.8 cm³/mol. The molecule has 2 aromatic rings. The number of aromatic amines is 1. The van der Waals surface area contributed by atoms with Gasteiger partial charge in [-0.25, -0.2) is 4.98 Å². The highest BCUT2D eigenvalue weighted by Crippen LogP contribution is 2.31. The van der Waals surface area contributed by atoms with Crippen LogP contribution in [0.4, 0.5) is 13.2 Å². The zero-order valence-corrected chi connectivity index (χ0v) is 9.78. The lowest BCUT2D eigenvalue weighted by Crippen LogP contribution is -2.11. The Morgan fingerprint density at radius 2 is 1.84 bits per heavy atom. The van der Waals surface area contributed by atoms with Crippen LogP contribution in [0.25, 0.3) is 11.3 Å². The summed E-state index contributed by atoms with van der Waals surface area (Å²) in [4.78, 5) is 17.7. The first-order valence-corrected chi connectivity index (χ1v) is 5.23. The van der Waals surface area contributed by atoms with Gasteiger partial charge in [0.25, 0.3) is 5.56 Å². The summed E-state index contributed by atoms with van der Waals surface area (Å²) in [6.45, 7) is 0. The molecular formula is C12H9F3N2O2. The Bertz CT molecular complexity index is 633. The van der Waals surface area contributed by atoms with Crippen LogP contribution < -0.4 is 10.3 Å². The second-order valence-corrected chi connectivity index (χ2v) is 3.69. The third-order valence-corrected chi connectivity index (χ3v) is 2.50. The third kappa shape index (κ3) is 2.59. The number of nitrogens with zero attached hydrogens (tertiary/aromatic N) is 1. The molecule has 0 fully saturated rings. The van der Waals surface area contributed by atoms with Gasteiger partial charge in [0.1, 0.15) is 5.69 Å². The number of ether oxygens (including phenoxy) is 1. The maximum atomic E-state index is 12.4. The molecule has 1 N–H and O–H groups in total. The average molecular weight is 270 g/mol. The molecule has 19 heavy (non-hydrogen) atoms. The summed E-state index contributed by atoms with van der Waals surface area (Å²) in [5.74, 6) is -0.0396. The summed E-state index contributed by atoms with van der Waals surface area (Å²) in [5, 5.41) is 0. The number of aromatic nitrogens is 2. The van der Waals surface area contributed by atoms with Crippen molar-refractivity contribution in [1.82, 2.24) is 9.97 Å². The molecule has 2 rings (SSSR count). The second-order valence-electron chi connectivity index (χ2n) is 3.69. The maximum absolute atomic E-state index is 12.4. The lowest BCUT2D eigenvalue weighted by atomic mass is 10.1. The van der Waals surface area contributed by atoms with Crippen LogP contribution in [0.5, 0.6) is 5.75 Å². The number of hydrogen-bond donors (Lipinski definition) is 1. The Morgan fingerprint density at radius 3 is 2.37 bits per heavy atom. The summed E-state index contributed by atoms with van der Waals surface area (Å²) < 4.78 is 42.2. The SMILES string of the molecule is COc1c(-c2ccc(C(F)(F)F)cc2)nc[nH]c1=O. The Kier molecular flexibility index (Phi) is 3.28. The van der Waals surface area contributed by atoms with Crippen LogP contribution in [0, 0.1) is 0 Å². The molecule has 0 atom stereocenters. The molecule has 0 bridgehead atoms. The van der Waals surface area contributed by atoms with Crippen molar-refractivity contribution >= 4 is 0 Å². The van der Waals surface area contributed by atoms with Gasteiger partial charge in [0.2, 0.25) is 5.75 Å². The first-order chi connectivity index (χ1) is 8.93. The fourth-order valence-corrected chi connectivity index (χ4v) is 1.60. The fourth-order valence-electron chi connectivity index (χ4n) is 1.60. The van der Waals surface area contributed by atoms with E-state index in [0.29, 0.717) is 5.56 Å². The van der Waals surface area contributed by atoms with E-state index in [1.807, 2.05) is 0 Å². The van der Waals surface area contributed by atoms with Crippen LogP contribution in [0.3, 0.4) is 0 Å². The molecule has 1 aromatic heterocycles. The monoisotopic (exact) mass is 270 g/mol. The highest BCUT2D eigenvalue weighted by molar-refractivity contribution is 5.65. The van der Waals surface area contributed by atoms with Crippen LogP contribution in [0.2, 0.25) is 0 Å². The summed E-state index contributed by atoms with van der Waals surface area (Å²) >= 11 is 0. The van der Waals surface area contributed by atoms with Gasteiger partial charge < -0.3 is 9.72 Å². The standard InChI is InChI=1S/C12H9F3N2O2/c1-19-10-9(16-6-17-11(10)18)7-2-4-8(5-3-7)12(13,14)15/h2-6H,1H3,(H,16,17,18). The number of halogens is 3. The molecule has 7 heteroatoms. The van der Waals surface area contributed by atoms with Crippen molar-refractivity contribution < 1.29 is 17.9 Å². The van der Waals surface area contributed by atoms with Gasteiger partial charge in [-0.3, -0.25) is 4.79 Å². The number of methoxy groups -OCH3 is 1. The van der Waals surface area contributed by atoms with E-state index in [9.17, 15) is 18.0 Å². The van der Waals surface area contributed by atoms with Crippen molar-refractivity contribution in [2.24, 2.45) is 0 Å². The molecule has 0 amide bonds. The Labute approximate surface area is 105 Å². The number of nitrogens with one attached hydrogen (secondary N) is 1. The van der Waals surface area contributed by atoms with Gasteiger partial charge in [-0.2, -0.15) is 13.2 Å². The number of alkyl halides is 3. The molecule has 0 aliphatic heterocycles. The number of hydrogen-bond acceptors (Lipinski definition) is 3. The highest BCUT2D eigenvalue weighted by atomic mass is 19.4. The fraction of sp³-hybridized carbons (Fsp3) is 0.167. The minimum atomic E-state index is -4.40. The van der Waals surface area contributed by atoms with Gasteiger partial charge in [0.15, 0.2) is 0 Å². The second kappa shape index (κ2) is 4.75. The molecule has 100 valence electrons. The summed E-state index contributed by atoms with van der Waals surface area (Å²) in [5.41, 5.74) is -0.691. The first kappa shape index (κ1) is 13.1. The smallest absolute Gasteiger partial charge is 0.416 e. The topological polar surface area (TPSA) is 55.0 Å². The molecule has 0 saturated heterocycles. The minimum absolute atomic E-state index is 0.0396. The Morgan fingerprint density at radius 1 is 1.21 bits per heavy atom. The molecule has 0 aliphatic rings. The van der Waals surface area contributed by atoms with E-state index in [0.717, 1.165) is 18.5 Å². The molecule has 4 nitrogen and oxygen atoms in total. The van der Waals surface area contributed by atoms with Crippen LogP contribution in [0.15, 0.2) is 35.4 Å².